The maximum Gasteiger partial charge on any atom is 0.422 e. The molecule has 0 unspecified atom stereocenters. The van der Waals surface area contributed by atoms with Crippen molar-refractivity contribution in [1.29, 1.82) is 0 Å². The third-order valence-corrected chi connectivity index (χ3v) is 4.40. The van der Waals surface area contributed by atoms with E-state index in [1.807, 2.05) is 4.90 Å². The molecule has 0 saturated carbocycles. The number of hydrogen-bond donors (Lipinski definition) is 1. The zero-order chi connectivity index (χ0) is 17.5. The maximum atomic E-state index is 12.1. The van der Waals surface area contributed by atoms with Gasteiger partial charge in [0.1, 0.15) is 0 Å². The molecule has 7 nitrogen and oxygen atoms in total. The summed E-state index contributed by atoms with van der Waals surface area (Å²) in [5.74, 6) is 0. The van der Waals surface area contributed by atoms with Crippen molar-refractivity contribution in [3.8, 4) is 6.01 Å². The van der Waals surface area contributed by atoms with E-state index in [1.54, 1.807) is 6.92 Å². The van der Waals surface area contributed by atoms with Crippen molar-refractivity contribution < 1.29 is 27.8 Å². The fraction of sp³-hybridized carbons (Fsp3) is 0.643. The highest BCUT2D eigenvalue weighted by Crippen LogP contribution is 2.42. The van der Waals surface area contributed by atoms with E-state index >= 15 is 0 Å². The summed E-state index contributed by atoms with van der Waals surface area (Å²) >= 11 is 0. The van der Waals surface area contributed by atoms with Crippen molar-refractivity contribution >= 4 is 11.8 Å². The lowest BCUT2D eigenvalue weighted by Gasteiger charge is -2.49. The molecule has 24 heavy (non-hydrogen) atoms. The number of likely N-dealkylation sites (tertiary alicyclic amines) is 1. The van der Waals surface area contributed by atoms with Crippen molar-refractivity contribution in [3.05, 3.63) is 11.9 Å². The van der Waals surface area contributed by atoms with Crippen LogP contribution >= 0.6 is 0 Å². The van der Waals surface area contributed by atoms with E-state index in [4.69, 9.17) is 5.11 Å². The average Bonchev–Trinajstić information content (AvgIpc) is 2.89. The van der Waals surface area contributed by atoms with Crippen molar-refractivity contribution in [2.24, 2.45) is 5.41 Å². The van der Waals surface area contributed by atoms with Crippen LogP contribution in [0.25, 0.3) is 0 Å². The normalized spacial score (nSPS) is 19.5. The number of nitrogens with zero attached hydrogens (tertiary/aromatic N) is 4. The van der Waals surface area contributed by atoms with Crippen LogP contribution in [0, 0.1) is 12.3 Å². The Morgan fingerprint density at radius 3 is 2.67 bits per heavy atom. The molecule has 1 aromatic heterocycles. The average molecular weight is 346 g/mol. The van der Waals surface area contributed by atoms with Gasteiger partial charge in [-0.2, -0.15) is 18.2 Å². The van der Waals surface area contributed by atoms with E-state index in [1.165, 1.54) is 11.1 Å². The van der Waals surface area contributed by atoms with Gasteiger partial charge in [-0.3, -0.25) is 0 Å². The topological polar surface area (TPSA) is 78.8 Å². The molecule has 3 heterocycles. The summed E-state index contributed by atoms with van der Waals surface area (Å²) in [5, 5.41) is 9.03. The molecule has 1 spiro atoms. The second-order valence-corrected chi connectivity index (χ2v) is 6.34. The fourth-order valence-electron chi connectivity index (χ4n) is 3.26. The quantitative estimate of drug-likeness (QED) is 0.901. The number of anilines is 1. The molecule has 2 aliphatic rings. The van der Waals surface area contributed by atoms with E-state index in [-0.39, 0.29) is 11.4 Å². The standard InChI is InChI=1S/C14H17F3N4O3/c1-9-10(4-18-11(19-9)24-8-14(15,16)17)21-6-13(7-21)2-3-20(5-13)12(22)23/h4H,2-3,5-8H2,1H3,(H,22,23). The smallest absolute Gasteiger partial charge is 0.422 e. The molecule has 1 N–H and O–H groups in total. The van der Waals surface area contributed by atoms with E-state index < -0.39 is 18.9 Å². The summed E-state index contributed by atoms with van der Waals surface area (Å²) in [6.45, 7) is 2.66. The number of amides is 1. The Kier molecular flexibility index (Phi) is 3.92. The molecule has 10 heteroatoms. The molecule has 0 radical (unpaired) electrons. The summed E-state index contributed by atoms with van der Waals surface area (Å²) < 4.78 is 40.9. The Hall–Kier alpha value is -2.26. The number of ether oxygens (including phenoxy) is 1. The second-order valence-electron chi connectivity index (χ2n) is 6.34. The molecule has 2 saturated heterocycles. The molecular weight excluding hydrogens is 329 g/mol. The van der Waals surface area contributed by atoms with Gasteiger partial charge >= 0.3 is 18.3 Å². The third-order valence-electron chi connectivity index (χ3n) is 4.40. The molecule has 0 bridgehead atoms. The number of carboxylic acid groups (broad SMARTS) is 1. The van der Waals surface area contributed by atoms with Gasteiger partial charge in [-0.05, 0) is 13.3 Å². The minimum atomic E-state index is -4.43. The summed E-state index contributed by atoms with van der Waals surface area (Å²) in [6, 6.07) is -0.304. The summed E-state index contributed by atoms with van der Waals surface area (Å²) in [6.07, 6.45) is -3.08. The maximum absolute atomic E-state index is 12.1. The van der Waals surface area contributed by atoms with Crippen LogP contribution in [-0.2, 0) is 0 Å². The van der Waals surface area contributed by atoms with Crippen LogP contribution in [0.3, 0.4) is 0 Å². The molecular formula is C14H17F3N4O3. The zero-order valence-corrected chi connectivity index (χ0v) is 13.0. The van der Waals surface area contributed by atoms with Crippen LogP contribution < -0.4 is 9.64 Å². The van der Waals surface area contributed by atoms with Crippen molar-refractivity contribution in [1.82, 2.24) is 14.9 Å². The Morgan fingerprint density at radius 2 is 2.12 bits per heavy atom. The van der Waals surface area contributed by atoms with Crippen LogP contribution in [0.15, 0.2) is 6.20 Å². The van der Waals surface area contributed by atoms with Gasteiger partial charge in [-0.1, -0.05) is 0 Å². The number of rotatable bonds is 3. The van der Waals surface area contributed by atoms with E-state index in [2.05, 4.69) is 14.7 Å². The molecule has 1 aromatic rings. The summed E-state index contributed by atoms with van der Waals surface area (Å²) in [5.41, 5.74) is 1.22. The van der Waals surface area contributed by atoms with Gasteiger partial charge in [-0.15, -0.1) is 0 Å². The highest BCUT2D eigenvalue weighted by molar-refractivity contribution is 5.66. The van der Waals surface area contributed by atoms with Gasteiger partial charge in [-0.25, -0.2) is 9.78 Å². The molecule has 132 valence electrons. The Balaban J connectivity index is 1.60. The van der Waals surface area contributed by atoms with Crippen molar-refractivity contribution in [3.63, 3.8) is 0 Å². The SMILES string of the molecule is Cc1nc(OCC(F)(F)F)ncc1N1CC2(CCN(C(=O)O)C2)C1. The van der Waals surface area contributed by atoms with Gasteiger partial charge in [0.05, 0.1) is 17.6 Å². The van der Waals surface area contributed by atoms with Crippen molar-refractivity contribution in [2.75, 3.05) is 37.7 Å². The lowest BCUT2D eigenvalue weighted by molar-refractivity contribution is -0.154. The monoisotopic (exact) mass is 346 g/mol. The molecule has 3 rings (SSSR count). The fourth-order valence-corrected chi connectivity index (χ4v) is 3.26. The number of hydrogen-bond acceptors (Lipinski definition) is 5. The first kappa shape index (κ1) is 16.6. The largest absolute Gasteiger partial charge is 0.465 e. The predicted molar refractivity (Wildman–Crippen MR) is 77.2 cm³/mol. The zero-order valence-electron chi connectivity index (χ0n) is 13.0. The van der Waals surface area contributed by atoms with Gasteiger partial charge in [0.15, 0.2) is 6.61 Å². The van der Waals surface area contributed by atoms with Crippen LogP contribution in [0.5, 0.6) is 6.01 Å². The van der Waals surface area contributed by atoms with Gasteiger partial charge < -0.3 is 19.6 Å². The van der Waals surface area contributed by atoms with Crippen molar-refractivity contribution in [2.45, 2.75) is 19.5 Å². The minimum Gasteiger partial charge on any atom is -0.465 e. The molecule has 0 aromatic carbocycles. The van der Waals surface area contributed by atoms with E-state index in [0.717, 1.165) is 12.1 Å². The third kappa shape index (κ3) is 3.31. The first-order chi connectivity index (χ1) is 11.2. The highest BCUT2D eigenvalue weighted by atomic mass is 19.4. The first-order valence-electron chi connectivity index (χ1n) is 7.44. The Morgan fingerprint density at radius 1 is 1.42 bits per heavy atom. The molecule has 2 aliphatic heterocycles. The first-order valence-corrected chi connectivity index (χ1v) is 7.44. The number of aryl methyl sites for hydroxylation is 1. The highest BCUT2D eigenvalue weighted by Gasteiger charge is 2.49. The molecule has 0 atom stereocenters. The van der Waals surface area contributed by atoms with Gasteiger partial charge in [0, 0.05) is 31.6 Å². The Labute approximate surface area is 136 Å². The van der Waals surface area contributed by atoms with Crippen LogP contribution in [0.4, 0.5) is 23.7 Å². The minimum absolute atomic E-state index is 0.0454. The summed E-state index contributed by atoms with van der Waals surface area (Å²) in [4.78, 5) is 22.2. The lowest BCUT2D eigenvalue weighted by Crippen LogP contribution is -2.58. The lowest BCUT2D eigenvalue weighted by atomic mass is 9.79. The molecule has 0 aliphatic carbocycles. The number of aromatic nitrogens is 2. The summed E-state index contributed by atoms with van der Waals surface area (Å²) in [7, 11) is 0. The molecule has 2 fully saturated rings. The van der Waals surface area contributed by atoms with E-state index in [0.29, 0.717) is 31.9 Å². The van der Waals surface area contributed by atoms with Crippen LogP contribution in [-0.4, -0.2) is 65.0 Å². The number of halogens is 3. The van der Waals surface area contributed by atoms with Crippen LogP contribution in [0.2, 0.25) is 0 Å². The van der Waals surface area contributed by atoms with Gasteiger partial charge in [0.2, 0.25) is 0 Å². The number of alkyl halides is 3. The van der Waals surface area contributed by atoms with Crippen LogP contribution in [0.1, 0.15) is 12.1 Å². The second kappa shape index (κ2) is 5.67. The molecule has 1 amide bonds. The van der Waals surface area contributed by atoms with E-state index in [9.17, 15) is 18.0 Å². The number of carbonyl (C=O) groups is 1. The Bertz CT molecular complexity index is 647. The van der Waals surface area contributed by atoms with Gasteiger partial charge in [0.25, 0.3) is 0 Å². The predicted octanol–water partition coefficient (Wildman–Crippen LogP) is 1.92.